The van der Waals surface area contributed by atoms with E-state index in [9.17, 15) is 24.3 Å². The zero-order chi connectivity index (χ0) is 21.4. The van der Waals surface area contributed by atoms with Gasteiger partial charge in [0.2, 0.25) is 5.91 Å². The number of hydrogen-bond donors (Lipinski definition) is 2. The Labute approximate surface area is 173 Å². The molecule has 30 heavy (non-hydrogen) atoms. The quantitative estimate of drug-likeness (QED) is 0.683. The summed E-state index contributed by atoms with van der Waals surface area (Å²) in [7, 11) is 0. The van der Waals surface area contributed by atoms with Crippen LogP contribution in [0.1, 0.15) is 60.4 Å². The molecule has 0 spiro atoms. The van der Waals surface area contributed by atoms with Gasteiger partial charge in [-0.3, -0.25) is 19.3 Å². The maximum atomic E-state index is 13.1. The van der Waals surface area contributed by atoms with Crippen LogP contribution in [0.15, 0.2) is 30.3 Å². The highest BCUT2D eigenvalue weighted by Gasteiger charge is 2.36. The number of aliphatic carboxylic acids is 1. The first kappa shape index (κ1) is 20.1. The summed E-state index contributed by atoms with van der Waals surface area (Å²) in [6.45, 7) is 0. The number of carbonyl (C=O) groups excluding carboxylic acids is 3. The van der Waals surface area contributed by atoms with E-state index in [0.717, 1.165) is 29.2 Å². The van der Waals surface area contributed by atoms with E-state index in [-0.39, 0.29) is 30.6 Å². The predicted molar refractivity (Wildman–Crippen MR) is 111 cm³/mol. The zero-order valence-corrected chi connectivity index (χ0v) is 16.5. The Balaban J connectivity index is 1.71. The van der Waals surface area contributed by atoms with Gasteiger partial charge in [0.25, 0.3) is 5.91 Å². The van der Waals surface area contributed by atoms with Gasteiger partial charge in [-0.2, -0.15) is 0 Å². The number of anilines is 1. The van der Waals surface area contributed by atoms with E-state index in [1.54, 1.807) is 6.07 Å². The number of carbonyl (C=O) groups is 4. The SMILES string of the molecule is NC(=O)CCC(C=O)N1C(=O)c2cccc3c(C4CCC(C(=O)O)CC4)ccc1c23. The van der Waals surface area contributed by atoms with Crippen LogP contribution in [-0.4, -0.2) is 35.2 Å². The zero-order valence-electron chi connectivity index (χ0n) is 16.5. The third kappa shape index (κ3) is 3.34. The number of primary amides is 1. The van der Waals surface area contributed by atoms with Gasteiger partial charge in [-0.1, -0.05) is 18.2 Å². The number of aldehydes is 1. The number of carboxylic acid groups (broad SMARTS) is 1. The number of rotatable bonds is 7. The first-order valence-corrected chi connectivity index (χ1v) is 10.3. The lowest BCUT2D eigenvalue weighted by Gasteiger charge is -2.28. The number of carboxylic acids is 1. The molecule has 0 bridgehead atoms. The second-order valence-corrected chi connectivity index (χ2v) is 8.17. The predicted octanol–water partition coefficient (Wildman–Crippen LogP) is 2.99. The fraction of sp³-hybridized carbons (Fsp3) is 0.391. The first-order valence-electron chi connectivity index (χ1n) is 10.3. The lowest BCUT2D eigenvalue weighted by Crippen LogP contribution is -2.39. The summed E-state index contributed by atoms with van der Waals surface area (Å²) in [5, 5.41) is 11.1. The van der Waals surface area contributed by atoms with Crippen LogP contribution in [0.5, 0.6) is 0 Å². The van der Waals surface area contributed by atoms with Crippen molar-refractivity contribution < 1.29 is 24.3 Å². The normalized spacial score (nSPS) is 21.6. The van der Waals surface area contributed by atoms with Gasteiger partial charge in [-0.05, 0) is 61.1 Å². The van der Waals surface area contributed by atoms with Gasteiger partial charge in [0.05, 0.1) is 17.6 Å². The van der Waals surface area contributed by atoms with Crippen molar-refractivity contribution in [2.75, 3.05) is 4.90 Å². The van der Waals surface area contributed by atoms with Crippen LogP contribution >= 0.6 is 0 Å². The van der Waals surface area contributed by atoms with E-state index in [4.69, 9.17) is 5.73 Å². The van der Waals surface area contributed by atoms with Gasteiger partial charge in [0.15, 0.2) is 0 Å². The van der Waals surface area contributed by atoms with Crippen molar-refractivity contribution in [1.29, 1.82) is 0 Å². The molecule has 7 heteroatoms. The van der Waals surface area contributed by atoms with Crippen molar-refractivity contribution in [2.24, 2.45) is 11.7 Å². The van der Waals surface area contributed by atoms with E-state index in [2.05, 4.69) is 0 Å². The molecule has 1 aliphatic carbocycles. The van der Waals surface area contributed by atoms with Crippen LogP contribution in [0.2, 0.25) is 0 Å². The third-order valence-electron chi connectivity index (χ3n) is 6.45. The highest BCUT2D eigenvalue weighted by atomic mass is 16.4. The largest absolute Gasteiger partial charge is 0.481 e. The molecule has 0 aromatic heterocycles. The summed E-state index contributed by atoms with van der Waals surface area (Å²) in [6.07, 6.45) is 3.78. The van der Waals surface area contributed by atoms with Crippen LogP contribution < -0.4 is 10.6 Å². The van der Waals surface area contributed by atoms with Crippen molar-refractivity contribution in [2.45, 2.75) is 50.5 Å². The maximum absolute atomic E-state index is 13.1. The Kier molecular flexibility index (Phi) is 5.28. The molecular weight excluding hydrogens is 384 g/mol. The van der Waals surface area contributed by atoms with Crippen molar-refractivity contribution in [3.63, 3.8) is 0 Å². The van der Waals surface area contributed by atoms with Gasteiger partial charge in [-0.15, -0.1) is 0 Å². The molecule has 1 fully saturated rings. The minimum atomic E-state index is -0.752. The molecule has 1 saturated carbocycles. The van der Waals surface area contributed by atoms with Gasteiger partial charge >= 0.3 is 5.97 Å². The second-order valence-electron chi connectivity index (χ2n) is 8.17. The summed E-state index contributed by atoms with van der Waals surface area (Å²) in [5.41, 5.74) is 7.57. The standard InChI is InChI=1S/C23H24N2O5/c24-20(27)11-8-15(12-26)25-19-10-9-16(13-4-6-14(7-5-13)23(29)30)17-2-1-3-18(21(17)19)22(25)28/h1-3,9-10,12-15H,4-8,11H2,(H2,24,27)(H,29,30). The highest BCUT2D eigenvalue weighted by molar-refractivity contribution is 6.26. The molecule has 3 N–H and O–H groups in total. The van der Waals surface area contributed by atoms with Crippen molar-refractivity contribution in [1.82, 2.24) is 0 Å². The molecule has 0 saturated heterocycles. The topological polar surface area (TPSA) is 118 Å². The number of amides is 2. The molecular formula is C23H24N2O5. The van der Waals surface area contributed by atoms with Crippen LogP contribution in [0, 0.1) is 5.92 Å². The van der Waals surface area contributed by atoms with Crippen LogP contribution in [0.25, 0.3) is 10.8 Å². The molecule has 2 amide bonds. The molecule has 0 radical (unpaired) electrons. The molecule has 2 aliphatic rings. The molecule has 2 aromatic carbocycles. The van der Waals surface area contributed by atoms with Crippen molar-refractivity contribution in [3.8, 4) is 0 Å². The van der Waals surface area contributed by atoms with Crippen molar-refractivity contribution in [3.05, 3.63) is 41.5 Å². The number of nitrogens with zero attached hydrogens (tertiary/aromatic N) is 1. The minimum absolute atomic E-state index is 0.0254. The third-order valence-corrected chi connectivity index (χ3v) is 6.45. The highest BCUT2D eigenvalue weighted by Crippen LogP contribution is 2.45. The fourth-order valence-electron chi connectivity index (χ4n) is 4.91. The summed E-state index contributed by atoms with van der Waals surface area (Å²) in [6, 6.07) is 8.70. The van der Waals surface area contributed by atoms with Crippen LogP contribution in [0.3, 0.4) is 0 Å². The van der Waals surface area contributed by atoms with E-state index < -0.39 is 17.9 Å². The van der Waals surface area contributed by atoms with E-state index in [1.807, 2.05) is 24.3 Å². The van der Waals surface area contributed by atoms with Crippen LogP contribution in [0.4, 0.5) is 5.69 Å². The first-order chi connectivity index (χ1) is 14.4. The number of benzene rings is 2. The Morgan fingerprint density at radius 3 is 2.53 bits per heavy atom. The molecule has 1 heterocycles. The molecule has 2 aromatic rings. The maximum Gasteiger partial charge on any atom is 0.306 e. The lowest BCUT2D eigenvalue weighted by atomic mass is 9.77. The molecule has 4 rings (SSSR count). The second kappa shape index (κ2) is 7.89. The van der Waals surface area contributed by atoms with Gasteiger partial charge < -0.3 is 15.6 Å². The fourth-order valence-corrected chi connectivity index (χ4v) is 4.91. The van der Waals surface area contributed by atoms with Gasteiger partial charge in [-0.25, -0.2) is 0 Å². The molecule has 156 valence electrons. The molecule has 1 aliphatic heterocycles. The summed E-state index contributed by atoms with van der Waals surface area (Å²) in [5.74, 6) is -1.53. The Morgan fingerprint density at radius 2 is 1.90 bits per heavy atom. The monoisotopic (exact) mass is 408 g/mol. The summed E-state index contributed by atoms with van der Waals surface area (Å²) >= 11 is 0. The van der Waals surface area contributed by atoms with E-state index in [0.29, 0.717) is 30.4 Å². The summed E-state index contributed by atoms with van der Waals surface area (Å²) < 4.78 is 0. The van der Waals surface area contributed by atoms with Crippen LogP contribution in [-0.2, 0) is 14.4 Å². The average molecular weight is 408 g/mol. The van der Waals surface area contributed by atoms with Gasteiger partial charge in [0.1, 0.15) is 6.29 Å². The van der Waals surface area contributed by atoms with Gasteiger partial charge in [0, 0.05) is 17.4 Å². The van der Waals surface area contributed by atoms with Crippen molar-refractivity contribution >= 4 is 40.5 Å². The number of hydrogen-bond acceptors (Lipinski definition) is 4. The van der Waals surface area contributed by atoms with E-state index >= 15 is 0 Å². The number of nitrogens with two attached hydrogens (primary N) is 1. The smallest absolute Gasteiger partial charge is 0.306 e. The Bertz CT molecular complexity index is 1040. The lowest BCUT2D eigenvalue weighted by molar-refractivity contribution is -0.142. The van der Waals surface area contributed by atoms with E-state index in [1.165, 1.54) is 4.90 Å². The molecule has 1 unspecified atom stereocenters. The Hall–Kier alpha value is -3.22. The minimum Gasteiger partial charge on any atom is -0.481 e. The molecule has 1 atom stereocenters. The average Bonchev–Trinajstić information content (AvgIpc) is 3.03. The Morgan fingerprint density at radius 1 is 1.17 bits per heavy atom. The summed E-state index contributed by atoms with van der Waals surface area (Å²) in [4.78, 5) is 48.8. The molecule has 7 nitrogen and oxygen atoms in total.